The molecule has 4 nitrogen and oxygen atoms in total. The van der Waals surface area contributed by atoms with E-state index in [4.69, 9.17) is 4.98 Å². The lowest BCUT2D eigenvalue weighted by molar-refractivity contribution is -0.113. The fraction of sp³-hybridized carbons (Fsp3) is 0.0563. The first-order chi connectivity index (χ1) is 36.7. The number of hydrogen-bond acceptors (Lipinski definition) is 4. The van der Waals surface area contributed by atoms with Crippen LogP contribution < -0.4 is 0 Å². The molecular formula is C71H58N2O2. The Morgan fingerprint density at radius 2 is 1.05 bits per heavy atom. The van der Waals surface area contributed by atoms with Gasteiger partial charge in [0.2, 0.25) is 0 Å². The van der Waals surface area contributed by atoms with Crippen molar-refractivity contribution in [1.29, 1.82) is 0 Å². The minimum absolute atomic E-state index is 0.00972. The quantitative estimate of drug-likeness (QED) is 0.0403. The van der Waals surface area contributed by atoms with Gasteiger partial charge < -0.3 is 5.11 Å². The van der Waals surface area contributed by atoms with Crippen LogP contribution in [0.15, 0.2) is 285 Å². The third kappa shape index (κ3) is 11.9. The number of aliphatic hydroxyl groups is 1. The summed E-state index contributed by atoms with van der Waals surface area (Å²) in [6.45, 7) is 16.7. The third-order valence-corrected chi connectivity index (χ3v) is 13.4. The molecule has 0 unspecified atom stereocenters. The summed E-state index contributed by atoms with van der Waals surface area (Å²) in [5.74, 6) is -0.107. The van der Waals surface area contributed by atoms with Crippen LogP contribution in [0.3, 0.4) is 0 Å². The van der Waals surface area contributed by atoms with Crippen molar-refractivity contribution in [3.8, 4) is 66.9 Å². The predicted octanol–water partition coefficient (Wildman–Crippen LogP) is 18.4. The summed E-state index contributed by atoms with van der Waals surface area (Å²) in [4.78, 5) is 23.8. The van der Waals surface area contributed by atoms with Gasteiger partial charge in [-0.1, -0.05) is 232 Å². The molecule has 0 saturated carbocycles. The van der Waals surface area contributed by atoms with Gasteiger partial charge in [0, 0.05) is 30.0 Å². The first kappa shape index (κ1) is 50.4. The molecule has 1 N–H and O–H groups in total. The van der Waals surface area contributed by atoms with Gasteiger partial charge in [0.1, 0.15) is 5.76 Å². The molecule has 4 heteroatoms. The molecule has 8 aromatic carbocycles. The first-order valence-electron chi connectivity index (χ1n) is 25.2. The maximum Gasteiger partial charge on any atom is 0.167 e. The highest BCUT2D eigenvalue weighted by molar-refractivity contribution is 6.21. The van der Waals surface area contributed by atoms with Gasteiger partial charge in [-0.3, -0.25) is 14.8 Å². The molecule has 0 atom stereocenters. The van der Waals surface area contributed by atoms with E-state index in [1.165, 1.54) is 0 Å². The number of rotatable bonds is 18. The Labute approximate surface area is 441 Å². The largest absolute Gasteiger partial charge is 0.512 e. The van der Waals surface area contributed by atoms with E-state index in [-0.39, 0.29) is 18.0 Å². The van der Waals surface area contributed by atoms with Gasteiger partial charge in [0.25, 0.3) is 0 Å². The van der Waals surface area contributed by atoms with Crippen LogP contribution in [-0.4, -0.2) is 22.1 Å². The zero-order chi connectivity index (χ0) is 52.1. The first-order valence-corrected chi connectivity index (χ1v) is 25.2. The van der Waals surface area contributed by atoms with E-state index in [0.717, 1.165) is 94.7 Å². The third-order valence-electron chi connectivity index (χ3n) is 13.4. The number of aliphatic imine (C=N–C) groups is 1. The minimum Gasteiger partial charge on any atom is -0.512 e. The minimum atomic E-state index is -0.117. The smallest absolute Gasteiger partial charge is 0.167 e. The number of carbonyl (C=O) groups is 1. The Hall–Kier alpha value is -9.51. The SMILES string of the molecule is C=C(/C=C\C(=C)c1ccccc1-c1cc(-c2ccccc2CCC(=O)/C(=C(/C)O)c2ccccc2)cc(-c2ccccc2-c2cnc(-c3ccccc3)cc2-c2ccccc2)c1)C(=C)N=C/C(=C/C)c1ccccc1. The average Bonchev–Trinajstić information content (AvgIpc) is 3.46. The van der Waals surface area contributed by atoms with Crippen molar-refractivity contribution in [3.05, 3.63) is 302 Å². The molecule has 0 amide bonds. The fourth-order valence-corrected chi connectivity index (χ4v) is 9.51. The maximum absolute atomic E-state index is 14.0. The zero-order valence-electron chi connectivity index (χ0n) is 42.5. The second-order valence-electron chi connectivity index (χ2n) is 18.3. The van der Waals surface area contributed by atoms with E-state index in [1.54, 1.807) is 6.92 Å². The number of aromatic nitrogens is 1. The molecule has 0 fully saturated rings. The van der Waals surface area contributed by atoms with Gasteiger partial charge in [-0.25, -0.2) is 0 Å². The summed E-state index contributed by atoms with van der Waals surface area (Å²) >= 11 is 0. The Morgan fingerprint density at radius 3 is 1.69 bits per heavy atom. The number of allylic oxidation sites excluding steroid dienone is 7. The lowest BCUT2D eigenvalue weighted by atomic mass is 9.85. The number of pyridine rings is 1. The normalized spacial score (nSPS) is 11.9. The van der Waals surface area contributed by atoms with Gasteiger partial charge in [0.15, 0.2) is 5.78 Å². The van der Waals surface area contributed by atoms with Gasteiger partial charge in [0.05, 0.1) is 17.0 Å². The van der Waals surface area contributed by atoms with Crippen molar-refractivity contribution >= 4 is 28.7 Å². The highest BCUT2D eigenvalue weighted by atomic mass is 16.3. The second-order valence-corrected chi connectivity index (χ2v) is 18.3. The van der Waals surface area contributed by atoms with E-state index in [9.17, 15) is 9.90 Å². The molecule has 75 heavy (non-hydrogen) atoms. The summed E-state index contributed by atoms with van der Waals surface area (Å²) in [5, 5.41) is 10.8. The van der Waals surface area contributed by atoms with Gasteiger partial charge >= 0.3 is 0 Å². The number of benzene rings is 8. The highest BCUT2D eigenvalue weighted by Gasteiger charge is 2.20. The van der Waals surface area contributed by atoms with Crippen molar-refractivity contribution in [1.82, 2.24) is 4.98 Å². The van der Waals surface area contributed by atoms with Crippen LogP contribution in [0.1, 0.15) is 42.5 Å². The van der Waals surface area contributed by atoms with E-state index in [2.05, 4.69) is 152 Å². The van der Waals surface area contributed by atoms with Crippen LogP contribution in [0.25, 0.3) is 83.6 Å². The molecule has 0 saturated heterocycles. The number of aliphatic hydroxyl groups excluding tert-OH is 1. The van der Waals surface area contributed by atoms with Crippen LogP contribution in [0, 0.1) is 0 Å². The molecule has 0 aliphatic carbocycles. The van der Waals surface area contributed by atoms with Crippen LogP contribution in [0.4, 0.5) is 0 Å². The Morgan fingerprint density at radius 1 is 0.533 bits per heavy atom. The van der Waals surface area contributed by atoms with E-state index >= 15 is 0 Å². The average molecular weight is 971 g/mol. The van der Waals surface area contributed by atoms with Gasteiger partial charge in [-0.05, 0) is 134 Å². The lowest BCUT2D eigenvalue weighted by Crippen LogP contribution is -2.06. The molecule has 0 aliphatic rings. The summed E-state index contributed by atoms with van der Waals surface area (Å²) in [5.41, 5.74) is 19.3. The van der Waals surface area contributed by atoms with Crippen LogP contribution in [0.2, 0.25) is 0 Å². The summed E-state index contributed by atoms with van der Waals surface area (Å²) in [7, 11) is 0. The molecule has 364 valence electrons. The Kier molecular flexibility index (Phi) is 16.0. The van der Waals surface area contributed by atoms with Crippen molar-refractivity contribution in [3.63, 3.8) is 0 Å². The van der Waals surface area contributed by atoms with E-state index in [1.807, 2.05) is 129 Å². The number of Topliss-reactive ketones (excluding diaryl/α,β-unsaturated/α-hetero) is 1. The lowest BCUT2D eigenvalue weighted by Gasteiger charge is -2.19. The Balaban J connectivity index is 1.14. The van der Waals surface area contributed by atoms with Crippen LogP contribution in [-0.2, 0) is 11.2 Å². The van der Waals surface area contributed by atoms with E-state index in [0.29, 0.717) is 28.8 Å². The number of nitrogens with zero attached hydrogens (tertiary/aromatic N) is 2. The van der Waals surface area contributed by atoms with E-state index < -0.39 is 0 Å². The number of aryl methyl sites for hydroxylation is 1. The Bertz CT molecular complexity index is 3670. The van der Waals surface area contributed by atoms with Gasteiger partial charge in [-0.15, -0.1) is 0 Å². The molecule has 0 spiro atoms. The summed E-state index contributed by atoms with van der Waals surface area (Å²) in [6.07, 6.45) is 10.4. The topological polar surface area (TPSA) is 62.5 Å². The van der Waals surface area contributed by atoms with Gasteiger partial charge in [-0.2, -0.15) is 0 Å². The molecule has 0 bridgehead atoms. The predicted molar refractivity (Wildman–Crippen MR) is 317 cm³/mol. The van der Waals surface area contributed by atoms with Crippen LogP contribution >= 0.6 is 0 Å². The maximum atomic E-state index is 14.0. The van der Waals surface area contributed by atoms with Crippen molar-refractivity contribution in [2.75, 3.05) is 0 Å². The fourth-order valence-electron chi connectivity index (χ4n) is 9.51. The van der Waals surface area contributed by atoms with Crippen molar-refractivity contribution in [2.24, 2.45) is 4.99 Å². The number of carbonyl (C=O) groups excluding carboxylic acids is 1. The molecule has 9 aromatic rings. The highest BCUT2D eigenvalue weighted by Crippen LogP contribution is 2.43. The molecular weight excluding hydrogens is 913 g/mol. The van der Waals surface area contributed by atoms with Crippen molar-refractivity contribution in [2.45, 2.75) is 26.7 Å². The number of ketones is 1. The molecule has 9 rings (SSSR count). The second kappa shape index (κ2) is 23.8. The molecule has 0 radical (unpaired) electrons. The van der Waals surface area contributed by atoms with Crippen molar-refractivity contribution < 1.29 is 9.90 Å². The standard InChI is InChI=1S/C71H58N2O2/c1-6-53(54-25-11-7-12-26-54)47-72-51(4)49(2)39-40-50(3)62-34-21-22-36-64(62)60-43-59(63-35-20-19-29-56(63)41-42-70(75)71(52(5)74)58-32-17-10-18-33-58)44-61(45-60)65-37-23-24-38-66(65)68-48-73-69(57-30-15-9-16-31-57)46-67(68)55-27-13-8-14-28-55/h6-40,43-48,74H,2-4,41-42H2,1,5H3/b40-39-,53-6-,71-52-,72-47?. The summed E-state index contributed by atoms with van der Waals surface area (Å²) < 4.78 is 0. The zero-order valence-corrected chi connectivity index (χ0v) is 42.5. The van der Waals surface area contributed by atoms with Crippen LogP contribution in [0.5, 0.6) is 0 Å². The summed E-state index contributed by atoms with van der Waals surface area (Å²) in [6, 6.07) is 74.4. The monoisotopic (exact) mass is 970 g/mol. The number of hydrogen-bond donors (Lipinski definition) is 1. The molecule has 1 aromatic heterocycles. The molecule has 1 heterocycles. The molecule has 0 aliphatic heterocycles.